The number of benzene rings is 11. The molecule has 0 atom stereocenters. The number of anilines is 6. The first-order valence-corrected chi connectivity index (χ1v) is 21.3. The summed E-state index contributed by atoms with van der Waals surface area (Å²) in [4.78, 5) is 4.53. The smallest absolute Gasteiger partial charge is 0.254 e. The zero-order chi connectivity index (χ0) is 42.5. The van der Waals surface area contributed by atoms with E-state index < -0.39 is 6.71 Å². The Labute approximate surface area is 356 Å². The Bertz CT molecular complexity index is 4000. The fraction of sp³-hybridized carbons (Fsp3) is 0. The molecule has 0 bridgehead atoms. The van der Waals surface area contributed by atoms with Crippen molar-refractivity contribution in [2.24, 2.45) is 0 Å². The minimum atomic E-state index is -0.461. The van der Waals surface area contributed by atoms with E-state index in [1.54, 1.807) is 11.3 Å². The van der Waals surface area contributed by atoms with Crippen molar-refractivity contribution in [3.8, 4) is 0 Å². The van der Waals surface area contributed by atoms with Gasteiger partial charge in [-0.1, -0.05) is 152 Å². The number of para-hydroxylation sites is 1. The van der Waals surface area contributed by atoms with Gasteiger partial charge in [0.2, 0.25) is 0 Å². The number of nitrogens with zero attached hydrogens (tertiary/aromatic N) is 2. The number of hydrogen-bond acceptors (Lipinski definition) is 3. The van der Waals surface area contributed by atoms with Crippen LogP contribution in [0.2, 0.25) is 0 Å². The maximum absolute atomic E-state index is 9.78. The van der Waals surface area contributed by atoms with Crippen molar-refractivity contribution in [3.63, 3.8) is 0 Å². The van der Waals surface area contributed by atoms with E-state index in [1.165, 1.54) is 48.5 Å². The molecule has 0 N–H and O–H groups in total. The molecule has 2 aliphatic rings. The first-order valence-electron chi connectivity index (χ1n) is 22.5. The molecule has 12 aromatic rings. The first-order chi connectivity index (χ1) is 31.5. The molecule has 1 aromatic heterocycles. The predicted octanol–water partition coefficient (Wildman–Crippen LogP) is 13.9. The van der Waals surface area contributed by atoms with E-state index in [0.717, 1.165) is 64.9 Å². The number of fused-ring (bicyclic) bond motifs is 18. The van der Waals surface area contributed by atoms with E-state index in [1.807, 2.05) is 0 Å². The Morgan fingerprint density at radius 1 is 0.367 bits per heavy atom. The van der Waals surface area contributed by atoms with Crippen LogP contribution in [0.1, 0.15) is 5.48 Å². The molecule has 2 aliphatic heterocycles. The van der Waals surface area contributed by atoms with E-state index >= 15 is 0 Å². The fourth-order valence-corrected chi connectivity index (χ4v) is 12.0. The average Bonchev–Trinajstić information content (AvgIpc) is 3.74. The molecule has 0 aliphatic carbocycles. The lowest BCUT2D eigenvalue weighted by atomic mass is 9.33. The third-order valence-electron chi connectivity index (χ3n) is 13.1. The standard InChI is InChI=1S/C56H33BN2S/c1-3-18-40-36(14-1)38-16-5-7-20-42(38)47-32-34(28-30-44(40)47)58-50-24-11-10-23-49(50)57-54-46-22-9-12-27-53(46)60-56(54)59(52-26-13-25-51(58)55(52)57)35-29-31-45-41-19-4-2-15-37(41)39-17-6-8-21-43(39)48(45)33-35/h1-33H/i10D,11D,23D,24D. The monoisotopic (exact) mass is 780 g/mol. The van der Waals surface area contributed by atoms with Crippen LogP contribution in [0.4, 0.5) is 33.4 Å². The largest absolute Gasteiger partial charge is 0.311 e. The Morgan fingerprint density at radius 3 is 1.35 bits per heavy atom. The van der Waals surface area contributed by atoms with Crippen LogP contribution < -0.4 is 26.2 Å². The van der Waals surface area contributed by atoms with Crippen molar-refractivity contribution in [1.29, 1.82) is 0 Å². The van der Waals surface area contributed by atoms with Crippen LogP contribution in [0.5, 0.6) is 0 Å². The highest BCUT2D eigenvalue weighted by Gasteiger charge is 2.45. The first kappa shape index (κ1) is 28.9. The highest BCUT2D eigenvalue weighted by molar-refractivity contribution is 7.26. The summed E-state index contributed by atoms with van der Waals surface area (Å²) in [5, 5.41) is 16.3. The highest BCUT2D eigenvalue weighted by Crippen LogP contribution is 2.49. The van der Waals surface area contributed by atoms with Crippen molar-refractivity contribution in [1.82, 2.24) is 0 Å². The van der Waals surface area contributed by atoms with Gasteiger partial charge >= 0.3 is 0 Å². The van der Waals surface area contributed by atoms with Gasteiger partial charge in [-0.05, 0) is 135 Å². The lowest BCUT2D eigenvalue weighted by Gasteiger charge is -2.43. The normalized spacial score (nSPS) is 14.2. The van der Waals surface area contributed by atoms with Crippen LogP contribution in [0.3, 0.4) is 0 Å². The van der Waals surface area contributed by atoms with Crippen LogP contribution in [-0.2, 0) is 0 Å². The van der Waals surface area contributed by atoms with Crippen LogP contribution in [0.25, 0.3) is 74.7 Å². The molecule has 0 unspecified atom stereocenters. The molecule has 2 nitrogen and oxygen atoms in total. The second kappa shape index (κ2) is 12.1. The molecule has 3 heterocycles. The summed E-state index contributed by atoms with van der Waals surface area (Å²) in [6.07, 6.45) is 0. The number of thiophene rings is 1. The molecule has 0 spiro atoms. The Balaban J connectivity index is 1.09. The van der Waals surface area contributed by atoms with Gasteiger partial charge < -0.3 is 9.80 Å². The van der Waals surface area contributed by atoms with Gasteiger partial charge in [0.05, 0.1) is 10.5 Å². The summed E-state index contributed by atoms with van der Waals surface area (Å²) in [6, 6.07) is 62.3. The highest BCUT2D eigenvalue weighted by atomic mass is 32.1. The summed E-state index contributed by atoms with van der Waals surface area (Å²) in [7, 11) is 0. The van der Waals surface area contributed by atoms with Crippen LogP contribution in [0.15, 0.2) is 200 Å². The third kappa shape index (κ3) is 4.28. The molecule has 14 rings (SSSR count). The van der Waals surface area contributed by atoms with Crippen molar-refractivity contribution in [3.05, 3.63) is 200 Å². The second-order valence-corrected chi connectivity index (χ2v) is 17.1. The van der Waals surface area contributed by atoms with E-state index in [9.17, 15) is 2.74 Å². The average molecular weight is 781 g/mol. The van der Waals surface area contributed by atoms with E-state index in [0.29, 0.717) is 11.2 Å². The Morgan fingerprint density at radius 2 is 0.800 bits per heavy atom. The van der Waals surface area contributed by atoms with Crippen molar-refractivity contribution < 1.29 is 5.48 Å². The molecule has 0 amide bonds. The molecule has 0 saturated carbocycles. The summed E-state index contributed by atoms with van der Waals surface area (Å²) in [6.45, 7) is -0.461. The lowest BCUT2D eigenvalue weighted by Crippen LogP contribution is -2.61. The minimum absolute atomic E-state index is 0.0116. The molecular formula is C56H33BN2S. The molecule has 4 heteroatoms. The predicted molar refractivity (Wildman–Crippen MR) is 261 cm³/mol. The Hall–Kier alpha value is -7.40. The molecule has 0 radical (unpaired) electrons. The van der Waals surface area contributed by atoms with E-state index in [-0.39, 0.29) is 24.2 Å². The zero-order valence-corrected chi connectivity index (χ0v) is 32.9. The summed E-state index contributed by atoms with van der Waals surface area (Å²) in [5.74, 6) is 0. The summed E-state index contributed by atoms with van der Waals surface area (Å²) in [5.41, 5.74) is 6.91. The van der Waals surface area contributed by atoms with E-state index in [4.69, 9.17) is 2.74 Å². The van der Waals surface area contributed by atoms with Crippen molar-refractivity contribution >= 4 is 143 Å². The van der Waals surface area contributed by atoms with Gasteiger partial charge in [-0.15, -0.1) is 11.3 Å². The SMILES string of the molecule is [2H]c1c([2H])c([2H])c2c(c1[2H])B1c3c(cccc3N2c2ccc3c4ccccc4c4ccccc4c3c2)N(c2ccc3c4ccccc4c4ccccc4c3c2)c2sc3ccccc3c21. The lowest BCUT2D eigenvalue weighted by molar-refractivity contribution is 1.27. The molecule has 60 heavy (non-hydrogen) atoms. The van der Waals surface area contributed by atoms with Gasteiger partial charge in [-0.3, -0.25) is 0 Å². The minimum Gasteiger partial charge on any atom is -0.311 e. The third-order valence-corrected chi connectivity index (χ3v) is 14.3. The topological polar surface area (TPSA) is 6.48 Å². The molecule has 0 saturated heterocycles. The molecule has 0 fully saturated rings. The van der Waals surface area contributed by atoms with Gasteiger partial charge in [0.15, 0.2) is 0 Å². The van der Waals surface area contributed by atoms with Gasteiger partial charge in [0.1, 0.15) is 0 Å². The van der Waals surface area contributed by atoms with Gasteiger partial charge in [0.25, 0.3) is 6.71 Å². The van der Waals surface area contributed by atoms with Crippen LogP contribution in [-0.4, -0.2) is 6.71 Å². The zero-order valence-electron chi connectivity index (χ0n) is 36.1. The van der Waals surface area contributed by atoms with Crippen molar-refractivity contribution in [2.45, 2.75) is 0 Å². The van der Waals surface area contributed by atoms with Gasteiger partial charge in [0, 0.05) is 33.1 Å². The fourth-order valence-electron chi connectivity index (χ4n) is 10.7. The molecule has 11 aromatic carbocycles. The number of hydrogen-bond donors (Lipinski definition) is 0. The van der Waals surface area contributed by atoms with E-state index in [2.05, 4.69) is 186 Å². The second-order valence-electron chi connectivity index (χ2n) is 16.0. The van der Waals surface area contributed by atoms with Crippen molar-refractivity contribution in [2.75, 3.05) is 9.80 Å². The van der Waals surface area contributed by atoms with Gasteiger partial charge in [-0.25, -0.2) is 0 Å². The number of rotatable bonds is 2. The quantitative estimate of drug-likeness (QED) is 0.127. The Kier molecular flexibility index (Phi) is 5.82. The maximum atomic E-state index is 9.78. The molecule has 276 valence electrons. The van der Waals surface area contributed by atoms with Gasteiger partial charge in [-0.2, -0.15) is 0 Å². The van der Waals surface area contributed by atoms with Crippen LogP contribution >= 0.6 is 11.3 Å². The summed E-state index contributed by atoms with van der Waals surface area (Å²) >= 11 is 1.74. The summed E-state index contributed by atoms with van der Waals surface area (Å²) < 4.78 is 38.9. The maximum Gasteiger partial charge on any atom is 0.254 e. The van der Waals surface area contributed by atoms with Crippen LogP contribution in [0, 0.1) is 0 Å². The molecular weight excluding hydrogens is 744 g/mol.